The first-order chi connectivity index (χ1) is 11.3. The molecule has 0 bridgehead atoms. The van der Waals surface area contributed by atoms with Crippen LogP contribution in [0.4, 0.5) is 20.2 Å². The maximum absolute atomic E-state index is 12.0. The van der Waals surface area contributed by atoms with Crippen molar-refractivity contribution in [1.82, 2.24) is 0 Å². The molecular formula is C13H16F2N2O6S2. The summed E-state index contributed by atoms with van der Waals surface area (Å²) in [5.41, 5.74) is 11.7. The summed E-state index contributed by atoms with van der Waals surface area (Å²) in [5, 5.41) is -1.65. The molecule has 2 rings (SSSR count). The quantitative estimate of drug-likeness (QED) is 0.437. The van der Waals surface area contributed by atoms with Crippen LogP contribution in [-0.2, 0) is 20.2 Å². The number of benzene rings is 2. The summed E-state index contributed by atoms with van der Waals surface area (Å²) < 4.78 is 78.3. The van der Waals surface area contributed by atoms with Crippen molar-refractivity contribution >= 4 is 31.6 Å². The molecule has 25 heavy (non-hydrogen) atoms. The van der Waals surface area contributed by atoms with Gasteiger partial charge in [-0.15, -0.1) is 0 Å². The van der Waals surface area contributed by atoms with Crippen molar-refractivity contribution in [3.05, 3.63) is 60.2 Å². The van der Waals surface area contributed by atoms with Crippen molar-refractivity contribution in [3.63, 3.8) is 0 Å². The fraction of sp³-hybridized carbons (Fsp3) is 0.0769. The van der Waals surface area contributed by atoms with Gasteiger partial charge in [0.05, 0.1) is 0 Å². The molecule has 0 unspecified atom stereocenters. The Kier molecular flexibility index (Phi) is 8.98. The molecule has 0 aliphatic carbocycles. The predicted octanol–water partition coefficient (Wildman–Crippen LogP) is 1.54. The van der Waals surface area contributed by atoms with Crippen molar-refractivity contribution < 1.29 is 34.7 Å². The molecule has 6 N–H and O–H groups in total. The summed E-state index contributed by atoms with van der Waals surface area (Å²) in [4.78, 5) is 0. The summed E-state index contributed by atoms with van der Waals surface area (Å²) in [6, 6.07) is 11.4. The molecule has 0 amide bonds. The molecule has 0 aliphatic rings. The monoisotopic (exact) mass is 398 g/mol. The molecule has 0 aromatic heterocycles. The van der Waals surface area contributed by atoms with Crippen LogP contribution < -0.4 is 11.5 Å². The van der Waals surface area contributed by atoms with E-state index in [0.29, 0.717) is 11.4 Å². The number of nitrogens with two attached hydrogens (primary N) is 2. The van der Waals surface area contributed by atoms with Crippen LogP contribution >= 0.6 is 0 Å². The van der Waals surface area contributed by atoms with E-state index in [1.165, 1.54) is 48.5 Å². The third kappa shape index (κ3) is 15.0. The van der Waals surface area contributed by atoms with Crippen molar-refractivity contribution in [3.8, 4) is 0 Å². The van der Waals surface area contributed by atoms with Crippen LogP contribution in [0.15, 0.2) is 48.5 Å². The Morgan fingerprint density at radius 2 is 0.920 bits per heavy atom. The van der Waals surface area contributed by atoms with E-state index in [2.05, 4.69) is 0 Å². The van der Waals surface area contributed by atoms with E-state index in [9.17, 15) is 25.6 Å². The molecule has 0 heterocycles. The molecule has 0 saturated carbocycles. The maximum atomic E-state index is 12.0. The first-order valence-corrected chi connectivity index (χ1v) is 9.43. The van der Waals surface area contributed by atoms with Gasteiger partial charge in [-0.05, 0) is 48.5 Å². The first-order valence-electron chi connectivity index (χ1n) is 6.21. The van der Waals surface area contributed by atoms with Gasteiger partial charge in [-0.2, -0.15) is 16.8 Å². The second-order valence-electron chi connectivity index (χ2n) is 4.38. The van der Waals surface area contributed by atoms with Gasteiger partial charge in [0.1, 0.15) is 11.6 Å². The topological polar surface area (TPSA) is 161 Å². The highest BCUT2D eigenvalue weighted by Crippen LogP contribution is 2.02. The maximum Gasteiger partial charge on any atom is 0.281 e. The Morgan fingerprint density at radius 1 is 0.680 bits per heavy atom. The Balaban J connectivity index is 0.000000346. The standard InChI is InChI=1S/2C6H6FN.CH4O6S2/c2*7-5-1-3-6(8)4-2-5;2-8(3,4)1-9(5,6)7/h2*1-4H,8H2;1H2,(H,2,3,4)(H,5,6,7). The smallest absolute Gasteiger partial charge is 0.281 e. The Labute approximate surface area is 143 Å². The van der Waals surface area contributed by atoms with Crippen LogP contribution in [0.1, 0.15) is 0 Å². The second kappa shape index (κ2) is 9.88. The van der Waals surface area contributed by atoms with E-state index in [1.807, 2.05) is 0 Å². The molecule has 12 heteroatoms. The Morgan fingerprint density at radius 3 is 1.04 bits per heavy atom. The number of rotatable bonds is 2. The lowest BCUT2D eigenvalue weighted by atomic mass is 10.3. The Bertz CT molecular complexity index is 739. The minimum Gasteiger partial charge on any atom is -0.399 e. The van der Waals surface area contributed by atoms with Gasteiger partial charge in [-0.3, -0.25) is 9.11 Å². The minimum absolute atomic E-state index is 0.251. The highest BCUT2D eigenvalue weighted by atomic mass is 32.3. The van der Waals surface area contributed by atoms with Crippen molar-refractivity contribution in [2.24, 2.45) is 0 Å². The van der Waals surface area contributed by atoms with E-state index in [-0.39, 0.29) is 11.6 Å². The summed E-state index contributed by atoms with van der Waals surface area (Å²) in [6.45, 7) is 0. The van der Waals surface area contributed by atoms with E-state index in [0.717, 1.165) is 0 Å². The van der Waals surface area contributed by atoms with Crippen molar-refractivity contribution in [2.45, 2.75) is 0 Å². The van der Waals surface area contributed by atoms with E-state index >= 15 is 0 Å². The fourth-order valence-corrected chi connectivity index (χ4v) is 2.62. The minimum atomic E-state index is -4.62. The number of anilines is 2. The average Bonchev–Trinajstić information content (AvgIpc) is 2.43. The summed E-state index contributed by atoms with van der Waals surface area (Å²) >= 11 is 0. The number of halogens is 2. The van der Waals surface area contributed by atoms with Crippen LogP contribution in [0.5, 0.6) is 0 Å². The second-order valence-corrected chi connectivity index (χ2v) is 7.66. The van der Waals surface area contributed by atoms with Gasteiger partial charge >= 0.3 is 0 Å². The predicted molar refractivity (Wildman–Crippen MR) is 89.6 cm³/mol. The zero-order chi connectivity index (χ0) is 19.7. The van der Waals surface area contributed by atoms with Gasteiger partial charge in [-0.1, -0.05) is 0 Å². The lowest BCUT2D eigenvalue weighted by molar-refractivity contribution is 0.471. The highest BCUT2D eigenvalue weighted by molar-refractivity contribution is 8.02. The number of hydrogen-bond acceptors (Lipinski definition) is 6. The van der Waals surface area contributed by atoms with E-state index < -0.39 is 25.3 Å². The van der Waals surface area contributed by atoms with Gasteiger partial charge in [0, 0.05) is 11.4 Å². The van der Waals surface area contributed by atoms with Gasteiger partial charge in [0.2, 0.25) is 5.08 Å². The highest BCUT2D eigenvalue weighted by Gasteiger charge is 2.15. The molecule has 0 aliphatic heterocycles. The van der Waals surface area contributed by atoms with Crippen molar-refractivity contribution in [2.75, 3.05) is 16.6 Å². The van der Waals surface area contributed by atoms with Crippen molar-refractivity contribution in [1.29, 1.82) is 0 Å². The summed E-state index contributed by atoms with van der Waals surface area (Å²) in [6.07, 6.45) is 0. The lowest BCUT2D eigenvalue weighted by Crippen LogP contribution is -2.13. The Hall–Kier alpha value is -2.28. The zero-order valence-corrected chi connectivity index (χ0v) is 14.2. The molecule has 0 spiro atoms. The van der Waals surface area contributed by atoms with Gasteiger partial charge in [0.25, 0.3) is 20.2 Å². The molecule has 0 fully saturated rings. The fourth-order valence-electron chi connectivity index (χ4n) is 1.11. The van der Waals surface area contributed by atoms with Crippen LogP contribution in [0.25, 0.3) is 0 Å². The first kappa shape index (κ1) is 22.7. The third-order valence-electron chi connectivity index (χ3n) is 2.04. The average molecular weight is 398 g/mol. The SMILES string of the molecule is Nc1ccc(F)cc1.Nc1ccc(F)cc1.O=S(=O)(O)CS(=O)(=O)O. The molecule has 2 aromatic rings. The largest absolute Gasteiger partial charge is 0.399 e. The molecular weight excluding hydrogens is 382 g/mol. The number of hydrogen-bond donors (Lipinski definition) is 4. The van der Waals surface area contributed by atoms with Gasteiger partial charge < -0.3 is 11.5 Å². The molecule has 8 nitrogen and oxygen atoms in total. The van der Waals surface area contributed by atoms with Crippen LogP contribution in [0, 0.1) is 11.6 Å². The van der Waals surface area contributed by atoms with Crippen LogP contribution in [0.2, 0.25) is 0 Å². The zero-order valence-electron chi connectivity index (χ0n) is 12.6. The van der Waals surface area contributed by atoms with Crippen LogP contribution in [-0.4, -0.2) is 31.0 Å². The molecule has 2 aromatic carbocycles. The van der Waals surface area contributed by atoms with Crippen LogP contribution in [0.3, 0.4) is 0 Å². The molecule has 0 atom stereocenters. The van der Waals surface area contributed by atoms with Gasteiger partial charge in [-0.25, -0.2) is 8.78 Å². The third-order valence-corrected chi connectivity index (χ3v) is 4.42. The molecule has 0 radical (unpaired) electrons. The molecule has 140 valence electrons. The summed E-state index contributed by atoms with van der Waals surface area (Å²) in [7, 11) is -9.24. The van der Waals surface area contributed by atoms with E-state index in [1.54, 1.807) is 0 Å². The van der Waals surface area contributed by atoms with Gasteiger partial charge in [0.15, 0.2) is 0 Å². The molecule has 0 saturated heterocycles. The summed E-state index contributed by atoms with van der Waals surface area (Å²) in [5.74, 6) is -0.501. The lowest BCUT2D eigenvalue weighted by Gasteiger charge is -1.89. The normalized spacial score (nSPS) is 10.7. The van der Waals surface area contributed by atoms with E-state index in [4.69, 9.17) is 20.6 Å². The number of nitrogen functional groups attached to an aromatic ring is 2.